The van der Waals surface area contributed by atoms with Crippen LogP contribution in [0, 0.1) is 12.3 Å². The molecule has 0 spiro atoms. The molecule has 0 radical (unpaired) electrons. The minimum atomic E-state index is 0.227. The van der Waals surface area contributed by atoms with Crippen LogP contribution in [0.25, 0.3) is 0 Å². The molecule has 1 saturated heterocycles. The van der Waals surface area contributed by atoms with Crippen molar-refractivity contribution in [2.75, 3.05) is 19.6 Å². The van der Waals surface area contributed by atoms with Crippen molar-refractivity contribution >= 4 is 23.2 Å². The number of likely N-dealkylation sites (tertiary alicyclic amines) is 1. The molecule has 1 fully saturated rings. The van der Waals surface area contributed by atoms with Gasteiger partial charge in [-0.25, -0.2) is 9.97 Å². The maximum atomic E-state index is 6.15. The minimum absolute atomic E-state index is 0.227. The largest absolute Gasteiger partial charge is 0.302 e. The summed E-state index contributed by atoms with van der Waals surface area (Å²) in [6, 6.07) is 0. The summed E-state index contributed by atoms with van der Waals surface area (Å²) < 4.78 is 0. The average molecular weight is 302 g/mol. The summed E-state index contributed by atoms with van der Waals surface area (Å²) in [6.07, 6.45) is 3.47. The third-order valence-electron chi connectivity index (χ3n) is 3.79. The van der Waals surface area contributed by atoms with E-state index in [0.717, 1.165) is 30.8 Å². The van der Waals surface area contributed by atoms with E-state index in [1.54, 1.807) is 0 Å². The highest BCUT2D eigenvalue weighted by Gasteiger charge is 2.26. The van der Waals surface area contributed by atoms with Crippen molar-refractivity contribution in [1.82, 2.24) is 14.9 Å². The van der Waals surface area contributed by atoms with Gasteiger partial charge >= 0.3 is 0 Å². The van der Waals surface area contributed by atoms with Gasteiger partial charge in [-0.1, -0.05) is 25.4 Å². The smallest absolute Gasteiger partial charge is 0.224 e. The van der Waals surface area contributed by atoms with Gasteiger partial charge in [-0.05, 0) is 49.7 Å². The summed E-state index contributed by atoms with van der Waals surface area (Å²) in [5.41, 5.74) is 2.34. The van der Waals surface area contributed by atoms with Gasteiger partial charge in [0.1, 0.15) is 5.15 Å². The second kappa shape index (κ2) is 5.94. The first-order valence-electron chi connectivity index (χ1n) is 6.78. The Morgan fingerprint density at radius 2 is 2.00 bits per heavy atom. The molecule has 1 aromatic rings. The molecule has 0 bridgehead atoms. The Bertz CT molecular complexity index is 437. The highest BCUT2D eigenvalue weighted by molar-refractivity contribution is 6.32. The second-order valence-electron chi connectivity index (χ2n) is 6.14. The van der Waals surface area contributed by atoms with Crippen LogP contribution in [0.4, 0.5) is 0 Å². The Hall–Kier alpha value is -0.380. The van der Waals surface area contributed by atoms with Gasteiger partial charge < -0.3 is 4.90 Å². The second-order valence-corrected chi connectivity index (χ2v) is 6.84. The van der Waals surface area contributed by atoms with E-state index in [9.17, 15) is 0 Å². The van der Waals surface area contributed by atoms with Crippen molar-refractivity contribution in [2.24, 2.45) is 5.41 Å². The molecule has 5 heteroatoms. The summed E-state index contributed by atoms with van der Waals surface area (Å²) in [6.45, 7) is 9.95. The van der Waals surface area contributed by atoms with Crippen molar-refractivity contribution in [3.05, 3.63) is 21.7 Å². The van der Waals surface area contributed by atoms with Crippen molar-refractivity contribution in [3.63, 3.8) is 0 Å². The van der Waals surface area contributed by atoms with E-state index in [-0.39, 0.29) is 5.28 Å². The Labute approximate surface area is 125 Å². The number of hydrogen-bond acceptors (Lipinski definition) is 3. The number of nitrogens with zero attached hydrogens (tertiary/aromatic N) is 3. The molecule has 106 valence electrons. The van der Waals surface area contributed by atoms with Gasteiger partial charge in [0.15, 0.2) is 0 Å². The fourth-order valence-corrected chi connectivity index (χ4v) is 3.38. The van der Waals surface area contributed by atoms with Crippen molar-refractivity contribution in [2.45, 2.75) is 40.0 Å². The average Bonchev–Trinajstić information content (AvgIpc) is 2.26. The number of aryl methyl sites for hydroxylation is 1. The Morgan fingerprint density at radius 3 is 2.63 bits per heavy atom. The summed E-state index contributed by atoms with van der Waals surface area (Å²) >= 11 is 11.9. The van der Waals surface area contributed by atoms with Crippen LogP contribution in [0.2, 0.25) is 10.4 Å². The van der Waals surface area contributed by atoms with Crippen LogP contribution in [-0.2, 0) is 6.42 Å². The number of rotatable bonds is 3. The van der Waals surface area contributed by atoms with Gasteiger partial charge in [0, 0.05) is 24.3 Å². The lowest BCUT2D eigenvalue weighted by atomic mass is 9.84. The van der Waals surface area contributed by atoms with Crippen LogP contribution in [0.15, 0.2) is 0 Å². The number of aromatic nitrogens is 2. The zero-order chi connectivity index (χ0) is 14.0. The first-order chi connectivity index (χ1) is 8.87. The van der Waals surface area contributed by atoms with Gasteiger partial charge in [0.2, 0.25) is 5.28 Å². The summed E-state index contributed by atoms with van der Waals surface area (Å²) in [5.74, 6) is 0. The Morgan fingerprint density at radius 1 is 1.26 bits per heavy atom. The standard InChI is InChI=1S/C14H21Cl2N3/c1-10-11(12(15)18-13(16)17-10)5-8-19-7-4-6-14(2,3)9-19/h4-9H2,1-3H3. The van der Waals surface area contributed by atoms with Gasteiger partial charge in [-0.3, -0.25) is 0 Å². The van der Waals surface area contributed by atoms with E-state index in [4.69, 9.17) is 23.2 Å². The zero-order valence-electron chi connectivity index (χ0n) is 11.8. The SMILES string of the molecule is Cc1nc(Cl)nc(Cl)c1CCN1CCCC(C)(C)C1. The van der Waals surface area contributed by atoms with E-state index >= 15 is 0 Å². The molecule has 1 aliphatic rings. The summed E-state index contributed by atoms with van der Waals surface area (Å²) in [4.78, 5) is 10.7. The maximum absolute atomic E-state index is 6.15. The highest BCUT2D eigenvalue weighted by atomic mass is 35.5. The summed E-state index contributed by atoms with van der Waals surface area (Å²) in [5, 5.41) is 0.721. The molecule has 1 aromatic heterocycles. The molecular weight excluding hydrogens is 281 g/mol. The Balaban J connectivity index is 1.99. The third kappa shape index (κ3) is 4.04. The molecule has 2 heterocycles. The predicted octanol–water partition coefficient (Wildman–Crippen LogP) is 3.76. The highest BCUT2D eigenvalue weighted by Crippen LogP contribution is 2.28. The van der Waals surface area contributed by atoms with Crippen LogP contribution in [0.3, 0.4) is 0 Å². The minimum Gasteiger partial charge on any atom is -0.302 e. The normalized spacial score (nSPS) is 19.6. The lowest BCUT2D eigenvalue weighted by Crippen LogP contribution is -2.41. The van der Waals surface area contributed by atoms with Gasteiger partial charge in [0.25, 0.3) is 0 Å². The van der Waals surface area contributed by atoms with E-state index < -0.39 is 0 Å². The first-order valence-corrected chi connectivity index (χ1v) is 7.54. The van der Waals surface area contributed by atoms with Gasteiger partial charge in [-0.15, -0.1) is 0 Å². The molecule has 2 rings (SSSR count). The third-order valence-corrected chi connectivity index (χ3v) is 4.28. The van der Waals surface area contributed by atoms with Crippen molar-refractivity contribution in [1.29, 1.82) is 0 Å². The molecule has 19 heavy (non-hydrogen) atoms. The van der Waals surface area contributed by atoms with Crippen LogP contribution in [0.1, 0.15) is 37.9 Å². The molecule has 0 saturated carbocycles. The topological polar surface area (TPSA) is 29.0 Å². The van der Waals surface area contributed by atoms with Crippen molar-refractivity contribution in [3.8, 4) is 0 Å². The molecule has 1 aliphatic heterocycles. The maximum Gasteiger partial charge on any atom is 0.224 e. The van der Waals surface area contributed by atoms with Gasteiger partial charge in [0.05, 0.1) is 0 Å². The Kier molecular flexibility index (Phi) is 4.70. The van der Waals surface area contributed by atoms with E-state index in [2.05, 4.69) is 28.7 Å². The molecule has 0 unspecified atom stereocenters. The molecule has 0 aliphatic carbocycles. The monoisotopic (exact) mass is 301 g/mol. The van der Waals surface area contributed by atoms with Crippen LogP contribution in [-0.4, -0.2) is 34.5 Å². The van der Waals surface area contributed by atoms with E-state index in [0.29, 0.717) is 10.6 Å². The van der Waals surface area contributed by atoms with Crippen LogP contribution >= 0.6 is 23.2 Å². The van der Waals surface area contributed by atoms with Gasteiger partial charge in [-0.2, -0.15) is 0 Å². The summed E-state index contributed by atoms with van der Waals surface area (Å²) in [7, 11) is 0. The first kappa shape index (κ1) is 15.0. The molecular formula is C14H21Cl2N3. The lowest BCUT2D eigenvalue weighted by Gasteiger charge is -2.38. The molecule has 3 nitrogen and oxygen atoms in total. The zero-order valence-corrected chi connectivity index (χ0v) is 13.4. The quantitative estimate of drug-likeness (QED) is 0.629. The molecule has 0 N–H and O–H groups in total. The fourth-order valence-electron chi connectivity index (χ4n) is 2.82. The molecule has 0 aromatic carbocycles. The molecule has 0 amide bonds. The van der Waals surface area contributed by atoms with Crippen LogP contribution < -0.4 is 0 Å². The number of halogens is 2. The lowest BCUT2D eigenvalue weighted by molar-refractivity contribution is 0.119. The molecule has 0 atom stereocenters. The van der Waals surface area contributed by atoms with Crippen LogP contribution in [0.5, 0.6) is 0 Å². The predicted molar refractivity (Wildman–Crippen MR) is 79.9 cm³/mol. The number of piperidine rings is 1. The van der Waals surface area contributed by atoms with E-state index in [1.165, 1.54) is 19.4 Å². The fraction of sp³-hybridized carbons (Fsp3) is 0.714. The number of hydrogen-bond donors (Lipinski definition) is 0. The van der Waals surface area contributed by atoms with Crippen molar-refractivity contribution < 1.29 is 0 Å². The van der Waals surface area contributed by atoms with E-state index in [1.807, 2.05) is 6.92 Å².